The number of halogens is 1. The molecule has 1 saturated heterocycles. The van der Waals surface area contributed by atoms with Crippen LogP contribution < -0.4 is 20.7 Å². The molecule has 1 fully saturated rings. The Kier molecular flexibility index (Phi) is 6.95. The third kappa shape index (κ3) is 5.25. The van der Waals surface area contributed by atoms with E-state index in [0.717, 1.165) is 4.88 Å². The smallest absolute Gasteiger partial charge is 0.323 e. The Hall–Kier alpha value is -2.78. The molecule has 3 rings (SSSR count). The summed E-state index contributed by atoms with van der Waals surface area (Å²) in [6, 6.07) is 6.18. The molecular weight excluding hydrogens is 464 g/mol. The number of hydrogen-bond donors (Lipinski definition) is 3. The van der Waals surface area contributed by atoms with E-state index in [0.29, 0.717) is 40.1 Å². The molecule has 1 aliphatic heterocycles. The fourth-order valence-electron chi connectivity index (χ4n) is 3.39. The topological polar surface area (TPSA) is 99.8 Å². The maximum absolute atomic E-state index is 13.5. The monoisotopic (exact) mass is 492 g/mol. The fraction of sp³-hybridized carbons (Fsp3) is 0.435. The molecule has 0 radical (unpaired) electrons. The average molecular weight is 493 g/mol. The number of methoxy groups -OCH3 is 1. The molecular formula is C23H29ClN4O4S. The predicted octanol–water partition coefficient (Wildman–Crippen LogP) is 4.70. The number of anilines is 2. The number of hydrogen-bond acceptors (Lipinski definition) is 5. The third-order valence-electron chi connectivity index (χ3n) is 5.43. The summed E-state index contributed by atoms with van der Waals surface area (Å²) in [5.41, 5.74) is -0.481. The van der Waals surface area contributed by atoms with Gasteiger partial charge < -0.3 is 25.6 Å². The molecule has 0 spiro atoms. The van der Waals surface area contributed by atoms with E-state index in [9.17, 15) is 14.4 Å². The average Bonchev–Trinajstić information content (AvgIpc) is 3.15. The fourth-order valence-corrected chi connectivity index (χ4v) is 4.68. The first-order valence-corrected chi connectivity index (χ1v) is 11.7. The van der Waals surface area contributed by atoms with Crippen LogP contribution in [0.4, 0.5) is 16.2 Å². The summed E-state index contributed by atoms with van der Waals surface area (Å²) in [7, 11) is 1.52. The van der Waals surface area contributed by atoms with Gasteiger partial charge in [-0.15, -0.1) is 11.3 Å². The number of thiophene rings is 1. The Balaban J connectivity index is 1.92. The Morgan fingerprint density at radius 1 is 1.18 bits per heavy atom. The predicted molar refractivity (Wildman–Crippen MR) is 132 cm³/mol. The second-order valence-electron chi connectivity index (χ2n) is 9.30. The van der Waals surface area contributed by atoms with Crippen LogP contribution in [0.25, 0.3) is 0 Å². The highest BCUT2D eigenvalue weighted by atomic mass is 35.5. The van der Waals surface area contributed by atoms with Gasteiger partial charge in [0.25, 0.3) is 5.91 Å². The molecule has 1 aromatic heterocycles. The van der Waals surface area contributed by atoms with E-state index in [1.165, 1.54) is 18.4 Å². The van der Waals surface area contributed by atoms with Crippen molar-refractivity contribution in [2.45, 2.75) is 45.6 Å². The standard InChI is InChI=1S/C23H29ClN4O4S/c1-22(2,3)17-12-16(27-21(31)26-15-11-13(32-6)7-8-14(15)24)18(33-17)19(29)28-10-9-25-20(30)23(28,4)5/h7-8,11-12H,9-10H2,1-6H3,(H,25,30)(H2,26,27,31). The number of amides is 4. The Morgan fingerprint density at radius 3 is 2.48 bits per heavy atom. The van der Waals surface area contributed by atoms with Crippen molar-refractivity contribution in [1.82, 2.24) is 10.2 Å². The van der Waals surface area contributed by atoms with Crippen LogP contribution in [-0.4, -0.2) is 48.5 Å². The molecule has 178 valence electrons. The number of ether oxygens (including phenoxy) is 1. The van der Waals surface area contributed by atoms with Crippen molar-refractivity contribution in [2.24, 2.45) is 0 Å². The van der Waals surface area contributed by atoms with Crippen molar-refractivity contribution in [2.75, 3.05) is 30.8 Å². The van der Waals surface area contributed by atoms with E-state index >= 15 is 0 Å². The van der Waals surface area contributed by atoms with Crippen molar-refractivity contribution in [3.63, 3.8) is 0 Å². The van der Waals surface area contributed by atoms with Gasteiger partial charge in [0, 0.05) is 24.0 Å². The van der Waals surface area contributed by atoms with Gasteiger partial charge >= 0.3 is 6.03 Å². The van der Waals surface area contributed by atoms with E-state index in [4.69, 9.17) is 16.3 Å². The van der Waals surface area contributed by atoms with Gasteiger partial charge in [0.05, 0.1) is 23.5 Å². The van der Waals surface area contributed by atoms with Gasteiger partial charge in [0.2, 0.25) is 5.91 Å². The highest BCUT2D eigenvalue weighted by Gasteiger charge is 2.42. The molecule has 0 atom stereocenters. The summed E-state index contributed by atoms with van der Waals surface area (Å²) in [4.78, 5) is 41.6. The van der Waals surface area contributed by atoms with E-state index in [1.54, 1.807) is 36.9 Å². The van der Waals surface area contributed by atoms with Crippen LogP contribution in [0.15, 0.2) is 24.3 Å². The van der Waals surface area contributed by atoms with Gasteiger partial charge in [-0.1, -0.05) is 32.4 Å². The van der Waals surface area contributed by atoms with E-state index < -0.39 is 11.6 Å². The lowest BCUT2D eigenvalue weighted by atomic mass is 9.94. The van der Waals surface area contributed by atoms with Crippen molar-refractivity contribution < 1.29 is 19.1 Å². The minimum Gasteiger partial charge on any atom is -0.497 e. The van der Waals surface area contributed by atoms with Crippen molar-refractivity contribution in [3.05, 3.63) is 39.0 Å². The molecule has 2 aromatic rings. The number of nitrogens with one attached hydrogen (secondary N) is 3. The quantitative estimate of drug-likeness (QED) is 0.575. The minimum atomic E-state index is -1.01. The first-order valence-electron chi connectivity index (χ1n) is 10.5. The Morgan fingerprint density at radius 2 is 1.85 bits per heavy atom. The molecule has 0 aliphatic carbocycles. The summed E-state index contributed by atoms with van der Waals surface area (Å²) in [5.74, 6) is 0.0291. The second-order valence-corrected chi connectivity index (χ2v) is 10.8. The van der Waals surface area contributed by atoms with Crippen LogP contribution in [0.5, 0.6) is 5.75 Å². The zero-order valence-corrected chi connectivity index (χ0v) is 21.2. The van der Waals surface area contributed by atoms with Crippen molar-refractivity contribution >= 4 is 52.2 Å². The van der Waals surface area contributed by atoms with Gasteiger partial charge in [-0.25, -0.2) is 4.79 Å². The Bertz CT molecular complexity index is 1090. The highest BCUT2D eigenvalue weighted by Crippen LogP contribution is 2.37. The molecule has 8 nitrogen and oxygen atoms in total. The van der Waals surface area contributed by atoms with Crippen LogP contribution in [0.1, 0.15) is 49.2 Å². The SMILES string of the molecule is COc1ccc(Cl)c(NC(=O)Nc2cc(C(C)(C)C)sc2C(=O)N2CCNC(=O)C2(C)C)c1. The molecule has 4 amide bonds. The summed E-state index contributed by atoms with van der Waals surface area (Å²) >= 11 is 7.51. The number of carbonyl (C=O) groups excluding carboxylic acids is 3. The molecule has 0 bridgehead atoms. The largest absolute Gasteiger partial charge is 0.497 e. The zero-order chi connectivity index (χ0) is 24.6. The maximum atomic E-state index is 13.5. The minimum absolute atomic E-state index is 0.213. The van der Waals surface area contributed by atoms with Gasteiger partial charge in [-0.3, -0.25) is 9.59 Å². The van der Waals surface area contributed by atoms with Crippen LogP contribution in [0.2, 0.25) is 5.02 Å². The number of nitrogens with zero attached hydrogens (tertiary/aromatic N) is 1. The second kappa shape index (κ2) is 9.23. The van der Waals surface area contributed by atoms with Gasteiger partial charge in [0.1, 0.15) is 16.2 Å². The van der Waals surface area contributed by atoms with E-state index in [2.05, 4.69) is 16.0 Å². The first-order chi connectivity index (χ1) is 15.3. The molecule has 3 N–H and O–H groups in total. The molecule has 10 heteroatoms. The van der Waals surface area contributed by atoms with Crippen LogP contribution in [0.3, 0.4) is 0 Å². The van der Waals surface area contributed by atoms with Crippen LogP contribution in [-0.2, 0) is 10.2 Å². The van der Waals surface area contributed by atoms with E-state index in [1.807, 2.05) is 26.8 Å². The summed E-state index contributed by atoms with van der Waals surface area (Å²) < 4.78 is 5.18. The van der Waals surface area contributed by atoms with Crippen LogP contribution >= 0.6 is 22.9 Å². The summed E-state index contributed by atoms with van der Waals surface area (Å²) in [6.45, 7) is 10.3. The van der Waals surface area contributed by atoms with Crippen molar-refractivity contribution in [1.29, 1.82) is 0 Å². The zero-order valence-electron chi connectivity index (χ0n) is 19.6. The lowest BCUT2D eigenvalue weighted by molar-refractivity contribution is -0.133. The maximum Gasteiger partial charge on any atom is 0.323 e. The highest BCUT2D eigenvalue weighted by molar-refractivity contribution is 7.14. The number of carbonyl (C=O) groups is 3. The lowest BCUT2D eigenvalue weighted by Crippen LogP contribution is -2.63. The number of benzene rings is 1. The molecule has 33 heavy (non-hydrogen) atoms. The number of urea groups is 1. The lowest BCUT2D eigenvalue weighted by Gasteiger charge is -2.41. The molecule has 0 unspecified atom stereocenters. The van der Waals surface area contributed by atoms with Crippen LogP contribution in [0, 0.1) is 0 Å². The van der Waals surface area contributed by atoms with E-state index in [-0.39, 0.29) is 17.2 Å². The molecule has 1 aliphatic rings. The van der Waals surface area contributed by atoms with Gasteiger partial charge in [0.15, 0.2) is 0 Å². The molecule has 0 saturated carbocycles. The summed E-state index contributed by atoms with van der Waals surface area (Å²) in [5, 5.41) is 8.64. The molecule has 2 heterocycles. The third-order valence-corrected chi connectivity index (χ3v) is 7.31. The van der Waals surface area contributed by atoms with Gasteiger partial charge in [-0.05, 0) is 37.5 Å². The number of piperazine rings is 1. The summed E-state index contributed by atoms with van der Waals surface area (Å²) in [6.07, 6.45) is 0. The normalized spacial score (nSPS) is 15.6. The van der Waals surface area contributed by atoms with Crippen molar-refractivity contribution in [3.8, 4) is 5.75 Å². The Labute approximate surface area is 202 Å². The number of rotatable bonds is 4. The van der Waals surface area contributed by atoms with Gasteiger partial charge in [-0.2, -0.15) is 0 Å². The first kappa shape index (κ1) is 24.9. The molecule has 1 aromatic carbocycles.